The van der Waals surface area contributed by atoms with Crippen molar-refractivity contribution in [2.24, 2.45) is 0 Å². The van der Waals surface area contributed by atoms with Crippen molar-refractivity contribution in [1.29, 1.82) is 10.5 Å². The van der Waals surface area contributed by atoms with Crippen molar-refractivity contribution in [3.8, 4) is 12.1 Å². The van der Waals surface area contributed by atoms with Gasteiger partial charge in [-0.25, -0.2) is 0 Å². The Balaban J connectivity index is 2.26. The Bertz CT molecular complexity index is 645. The highest BCUT2D eigenvalue weighted by molar-refractivity contribution is 5.51. The van der Waals surface area contributed by atoms with Gasteiger partial charge in [0.2, 0.25) is 0 Å². The number of rotatable bonds is 2. The van der Waals surface area contributed by atoms with E-state index in [1.807, 2.05) is 60.7 Å². The van der Waals surface area contributed by atoms with Crippen LogP contribution in [0.4, 0.5) is 0 Å². The van der Waals surface area contributed by atoms with Gasteiger partial charge < -0.3 is 0 Å². The highest BCUT2D eigenvalue weighted by atomic mass is 14.6. The third-order valence-corrected chi connectivity index (χ3v) is 4.75. The van der Waals surface area contributed by atoms with Gasteiger partial charge in [0.15, 0.2) is 0 Å². The van der Waals surface area contributed by atoms with Gasteiger partial charge in [-0.3, -0.25) is 0 Å². The molecular formula is C19H16N2. The SMILES string of the molecule is N#CC1(c2ccccc2)CCCC1(C#N)c1ccccc1. The van der Waals surface area contributed by atoms with Crippen LogP contribution in [0.1, 0.15) is 30.4 Å². The quantitative estimate of drug-likeness (QED) is 0.826. The van der Waals surface area contributed by atoms with E-state index < -0.39 is 10.8 Å². The lowest BCUT2D eigenvalue weighted by atomic mass is 9.60. The second-order valence-electron chi connectivity index (χ2n) is 5.62. The van der Waals surface area contributed by atoms with Gasteiger partial charge in [-0.1, -0.05) is 60.7 Å². The summed E-state index contributed by atoms with van der Waals surface area (Å²) in [5.74, 6) is 0. The molecule has 0 aliphatic heterocycles. The van der Waals surface area contributed by atoms with E-state index in [4.69, 9.17) is 0 Å². The Kier molecular flexibility index (Phi) is 3.24. The molecular weight excluding hydrogens is 256 g/mol. The molecule has 0 bridgehead atoms. The zero-order chi connectivity index (χ0) is 14.8. The fraction of sp³-hybridized carbons (Fsp3) is 0.263. The van der Waals surface area contributed by atoms with Crippen molar-refractivity contribution in [1.82, 2.24) is 0 Å². The lowest BCUT2D eigenvalue weighted by Crippen LogP contribution is -2.43. The molecule has 0 N–H and O–H groups in total. The van der Waals surface area contributed by atoms with Crippen molar-refractivity contribution in [2.75, 3.05) is 0 Å². The summed E-state index contributed by atoms with van der Waals surface area (Å²) in [6.07, 6.45) is 2.36. The molecule has 0 saturated heterocycles. The van der Waals surface area contributed by atoms with Crippen LogP contribution >= 0.6 is 0 Å². The Morgan fingerprint density at radius 1 is 0.667 bits per heavy atom. The van der Waals surface area contributed by atoms with Gasteiger partial charge in [0.1, 0.15) is 10.8 Å². The fourth-order valence-corrected chi connectivity index (χ4v) is 3.70. The molecule has 2 aromatic rings. The largest absolute Gasteiger partial charge is 0.197 e. The number of benzene rings is 2. The Hall–Kier alpha value is -2.58. The van der Waals surface area contributed by atoms with Gasteiger partial charge in [-0.15, -0.1) is 0 Å². The molecule has 21 heavy (non-hydrogen) atoms. The van der Waals surface area contributed by atoms with Crippen LogP contribution in [0.2, 0.25) is 0 Å². The molecule has 0 heterocycles. The van der Waals surface area contributed by atoms with Crippen LogP contribution in [0.25, 0.3) is 0 Å². The van der Waals surface area contributed by atoms with Crippen LogP contribution in [0.5, 0.6) is 0 Å². The van der Waals surface area contributed by atoms with Gasteiger partial charge in [0.25, 0.3) is 0 Å². The van der Waals surface area contributed by atoms with Crippen molar-refractivity contribution in [3.63, 3.8) is 0 Å². The standard InChI is InChI=1S/C19H16N2/c20-14-18(16-8-3-1-4-9-16)12-7-13-19(18,15-21)17-10-5-2-6-11-17/h1-6,8-11H,7,12-13H2. The van der Waals surface area contributed by atoms with Crippen LogP contribution in [-0.2, 0) is 10.8 Å². The van der Waals surface area contributed by atoms with Gasteiger partial charge in [-0.05, 0) is 30.4 Å². The van der Waals surface area contributed by atoms with E-state index in [0.29, 0.717) is 0 Å². The maximum atomic E-state index is 10.00. The van der Waals surface area contributed by atoms with E-state index in [1.54, 1.807) is 0 Å². The maximum absolute atomic E-state index is 10.00. The molecule has 0 spiro atoms. The van der Waals surface area contributed by atoms with Crippen LogP contribution in [-0.4, -0.2) is 0 Å². The minimum atomic E-state index is -0.760. The zero-order valence-corrected chi connectivity index (χ0v) is 11.8. The molecule has 2 unspecified atom stereocenters. The first-order valence-corrected chi connectivity index (χ1v) is 7.23. The predicted molar refractivity (Wildman–Crippen MR) is 81.3 cm³/mol. The van der Waals surface area contributed by atoms with Gasteiger partial charge >= 0.3 is 0 Å². The van der Waals surface area contributed by atoms with Crippen LogP contribution in [0.3, 0.4) is 0 Å². The van der Waals surface area contributed by atoms with E-state index in [0.717, 1.165) is 30.4 Å². The first kappa shape index (κ1) is 13.4. The molecule has 0 amide bonds. The van der Waals surface area contributed by atoms with Crippen LogP contribution in [0, 0.1) is 22.7 Å². The van der Waals surface area contributed by atoms with E-state index in [9.17, 15) is 10.5 Å². The first-order valence-electron chi connectivity index (χ1n) is 7.23. The molecule has 1 aliphatic rings. The number of hydrogen-bond donors (Lipinski definition) is 0. The third-order valence-electron chi connectivity index (χ3n) is 4.75. The van der Waals surface area contributed by atoms with Gasteiger partial charge in [0, 0.05) is 0 Å². The van der Waals surface area contributed by atoms with Crippen LogP contribution in [0.15, 0.2) is 60.7 Å². The van der Waals surface area contributed by atoms with Crippen molar-refractivity contribution in [2.45, 2.75) is 30.1 Å². The van der Waals surface area contributed by atoms with Crippen LogP contribution < -0.4 is 0 Å². The maximum Gasteiger partial charge on any atom is 0.105 e. The Morgan fingerprint density at radius 2 is 1.05 bits per heavy atom. The van der Waals surface area contributed by atoms with E-state index in [-0.39, 0.29) is 0 Å². The average Bonchev–Trinajstić information content (AvgIpc) is 2.97. The molecule has 1 aliphatic carbocycles. The lowest BCUT2D eigenvalue weighted by molar-refractivity contribution is 0.407. The molecule has 0 aromatic heterocycles. The summed E-state index contributed by atoms with van der Waals surface area (Å²) in [5.41, 5.74) is 0.389. The number of nitriles is 2. The molecule has 2 aromatic carbocycles. The highest BCUT2D eigenvalue weighted by Crippen LogP contribution is 2.55. The minimum Gasteiger partial charge on any atom is -0.197 e. The van der Waals surface area contributed by atoms with Gasteiger partial charge in [-0.2, -0.15) is 10.5 Å². The van der Waals surface area contributed by atoms with Gasteiger partial charge in [0.05, 0.1) is 12.1 Å². The molecule has 2 nitrogen and oxygen atoms in total. The molecule has 2 atom stereocenters. The van der Waals surface area contributed by atoms with E-state index >= 15 is 0 Å². The topological polar surface area (TPSA) is 47.6 Å². The summed E-state index contributed by atoms with van der Waals surface area (Å²) in [6, 6.07) is 24.6. The molecule has 102 valence electrons. The summed E-state index contributed by atoms with van der Waals surface area (Å²) in [4.78, 5) is 0. The number of hydrogen-bond acceptors (Lipinski definition) is 2. The molecule has 1 fully saturated rings. The normalized spacial score (nSPS) is 27.7. The second kappa shape index (κ2) is 5.08. The molecule has 1 saturated carbocycles. The third kappa shape index (κ3) is 1.77. The van der Waals surface area contributed by atoms with Crippen molar-refractivity contribution >= 4 is 0 Å². The van der Waals surface area contributed by atoms with E-state index in [1.165, 1.54) is 0 Å². The predicted octanol–water partition coefficient (Wildman–Crippen LogP) is 4.09. The molecule has 3 rings (SSSR count). The van der Waals surface area contributed by atoms with Crippen molar-refractivity contribution < 1.29 is 0 Å². The van der Waals surface area contributed by atoms with Crippen molar-refractivity contribution in [3.05, 3.63) is 71.8 Å². The Morgan fingerprint density at radius 3 is 1.38 bits per heavy atom. The summed E-state index contributed by atoms with van der Waals surface area (Å²) in [5, 5.41) is 20.0. The lowest BCUT2D eigenvalue weighted by Gasteiger charge is -2.37. The van der Waals surface area contributed by atoms with E-state index in [2.05, 4.69) is 12.1 Å². The average molecular weight is 272 g/mol. The smallest absolute Gasteiger partial charge is 0.105 e. The summed E-state index contributed by atoms with van der Waals surface area (Å²) in [6.45, 7) is 0. The minimum absolute atomic E-state index is 0.732. The fourth-order valence-electron chi connectivity index (χ4n) is 3.70. The zero-order valence-electron chi connectivity index (χ0n) is 11.8. The highest BCUT2D eigenvalue weighted by Gasteiger charge is 2.58. The Labute approximate surface area is 125 Å². The molecule has 0 radical (unpaired) electrons. The monoisotopic (exact) mass is 272 g/mol. The summed E-state index contributed by atoms with van der Waals surface area (Å²) >= 11 is 0. The summed E-state index contributed by atoms with van der Waals surface area (Å²) < 4.78 is 0. The second-order valence-corrected chi connectivity index (χ2v) is 5.62. The first-order chi connectivity index (χ1) is 10.3. The molecule has 2 heteroatoms. The number of nitrogens with zero attached hydrogens (tertiary/aromatic N) is 2. The summed E-state index contributed by atoms with van der Waals surface area (Å²) in [7, 11) is 0.